The zero-order valence-electron chi connectivity index (χ0n) is 49.9. The molecule has 3 aromatic carbocycles. The van der Waals surface area contributed by atoms with Gasteiger partial charge >= 0.3 is 29.6 Å². The first kappa shape index (κ1) is 70.7. The molecule has 1 aliphatic carbocycles. The Bertz CT molecular complexity index is 3190. The number of nitrogens with two attached hydrogens (primary N) is 1. The zero-order chi connectivity index (χ0) is 64.8. The van der Waals surface area contributed by atoms with Gasteiger partial charge in [-0.05, 0) is 85.3 Å². The van der Waals surface area contributed by atoms with Gasteiger partial charge in [-0.1, -0.05) is 44.4 Å². The Kier molecular flexibility index (Phi) is 24.0. The molecule has 8 rings (SSSR count). The van der Waals surface area contributed by atoms with Crippen LogP contribution in [0.25, 0.3) is 0 Å². The van der Waals surface area contributed by atoms with Gasteiger partial charge in [0, 0.05) is 81.5 Å². The second-order valence-electron chi connectivity index (χ2n) is 23.5. The molecule has 5 fully saturated rings. The number of phenols is 1. The largest absolute Gasteiger partial charge is 1.00 e. The third-order valence-electron chi connectivity index (χ3n) is 17.1. The topological polar surface area (TPSA) is 464 Å². The Balaban J connectivity index is 0.0000115. The van der Waals surface area contributed by atoms with E-state index in [4.69, 9.17) is 5.73 Å². The molecule has 0 bridgehead atoms. The van der Waals surface area contributed by atoms with Crippen LogP contribution in [0.2, 0.25) is 0 Å². The second-order valence-corrected chi connectivity index (χ2v) is 24.5. The number of hydrogen-bond acceptors (Lipinski definition) is 22. The average Bonchev–Trinajstić information content (AvgIpc) is 2.00. The number of carbonyl (C=O) groups is 8. The van der Waals surface area contributed by atoms with Crippen LogP contribution in [-0.4, -0.2) is 230 Å². The van der Waals surface area contributed by atoms with Crippen LogP contribution < -0.4 is 75.9 Å². The third kappa shape index (κ3) is 17.2. The van der Waals surface area contributed by atoms with Gasteiger partial charge in [0.25, 0.3) is 16.3 Å². The molecule has 0 radical (unpaired) electrons. The van der Waals surface area contributed by atoms with Crippen molar-refractivity contribution in [1.29, 1.82) is 0 Å². The molecule has 30 nitrogen and oxygen atoms in total. The van der Waals surface area contributed by atoms with Gasteiger partial charge in [-0.25, -0.2) is 8.42 Å². The standard InChI is InChI=1S/C58H78N10O20S.Na/c1-29-27-68-48(49(29)75)56(82)60-26-37(70)23-39(61-52(78)33-10-15-36(16-11-33)66-20-18-65(19-21-66)35-13-8-32(9-14-35)31-6-4-3-5-7-31)53(79)62-45(30(2)69)57(83)67-28-38(71)24-40(67)54(80)64-47(55(81)63-46(58(68)84)42(73)25-44(59)74)51(77)50(76)34-12-17-41(72)43(22-34)88-89(85,86)87;/h8-17,22,29-31,37-40,42,45-51,69-73,75-77H,3-7,18-21,23-28H2,1-2H3,(H2,59,74)(H,60,82)(H,61,78)(H,62,79)(H,63,81)(H,64,80)(H,85,86,87);/q;+1/p-1/t29-,30+,37-,38+,39-,40?,42+,45?,46?,47?,48?,49-,50-,51-;/m0./s1. The van der Waals surface area contributed by atoms with Crippen LogP contribution in [0.1, 0.15) is 98.7 Å². The van der Waals surface area contributed by atoms with Crippen LogP contribution in [0.3, 0.4) is 0 Å². The predicted octanol–water partition coefficient (Wildman–Crippen LogP) is -7.08. The number of carbonyl (C=O) groups excluding carboxylic acids is 8. The summed E-state index contributed by atoms with van der Waals surface area (Å²) < 4.78 is 38.6. The summed E-state index contributed by atoms with van der Waals surface area (Å²) in [5.41, 5.74) is 8.13. The number of nitrogens with zero attached hydrogens (tertiary/aromatic N) is 4. The minimum Gasteiger partial charge on any atom is -0.716 e. The molecule has 486 valence electrons. The minimum absolute atomic E-state index is 0. The summed E-state index contributed by atoms with van der Waals surface area (Å²) in [5, 5.41) is 101. The maximum Gasteiger partial charge on any atom is 1.00 e. The molecule has 32 heteroatoms. The number of β-amino-alcohol motifs (C(OH)–C–C–N with tert-alkyl or cyclic N) is 1. The third-order valence-corrected chi connectivity index (χ3v) is 17.4. The molecule has 4 heterocycles. The van der Waals surface area contributed by atoms with Crippen molar-refractivity contribution in [2.45, 2.75) is 150 Å². The number of rotatable bonds is 14. The molecule has 90 heavy (non-hydrogen) atoms. The SMILES string of the molecule is C[C@@H](O)C1NC(=O)[C@@H](NC(=O)c2ccc(N3CCN(c4ccc(C5CCCCC5)cc4)CC3)cc2)C[C@H](O)CNC(=O)C2[C@@H](O)[C@@H](C)CN2C(=O)C([C@H](O)CC(N)=O)NC(=O)C([C@H](O)[C@@H](O)c2ccc(O)c(OS(=O)(=O)[O-])c2)NC(=O)C2C[C@@H](O)CN2C1=O.[Na+]. The number of fused-ring (bicyclic) bond motifs is 2. The van der Waals surface area contributed by atoms with E-state index >= 15 is 0 Å². The van der Waals surface area contributed by atoms with Crippen LogP contribution in [0.15, 0.2) is 66.7 Å². The smallest absolute Gasteiger partial charge is 0.716 e. The summed E-state index contributed by atoms with van der Waals surface area (Å²) in [6.07, 6.45) is -10.4. The summed E-state index contributed by atoms with van der Waals surface area (Å²) >= 11 is 0. The quantitative estimate of drug-likeness (QED) is 0.0405. The van der Waals surface area contributed by atoms with E-state index in [-0.39, 0.29) is 35.1 Å². The number of aromatic hydroxyl groups is 1. The summed E-state index contributed by atoms with van der Waals surface area (Å²) in [5.74, 6) is -12.5. The van der Waals surface area contributed by atoms with E-state index < -0.39 is 199 Å². The molecular formula is C58H77N10NaO20S. The van der Waals surface area contributed by atoms with E-state index in [1.54, 1.807) is 12.1 Å². The number of aliphatic hydroxyl groups excluding tert-OH is 7. The van der Waals surface area contributed by atoms with Crippen molar-refractivity contribution < 1.29 is 126 Å². The number of amides is 8. The van der Waals surface area contributed by atoms with Crippen LogP contribution >= 0.6 is 0 Å². The minimum atomic E-state index is -5.58. The van der Waals surface area contributed by atoms with Gasteiger partial charge in [0.05, 0.1) is 36.9 Å². The first-order chi connectivity index (χ1) is 42.1. The van der Waals surface area contributed by atoms with Crippen LogP contribution in [0, 0.1) is 5.92 Å². The van der Waals surface area contributed by atoms with Crippen LogP contribution in [0.4, 0.5) is 11.4 Å². The van der Waals surface area contributed by atoms with Gasteiger partial charge in [-0.2, -0.15) is 0 Å². The van der Waals surface area contributed by atoms with Crippen molar-refractivity contribution in [3.8, 4) is 11.5 Å². The van der Waals surface area contributed by atoms with Crippen molar-refractivity contribution in [2.24, 2.45) is 11.7 Å². The van der Waals surface area contributed by atoms with E-state index in [0.29, 0.717) is 40.9 Å². The van der Waals surface area contributed by atoms with Gasteiger partial charge in [-0.3, -0.25) is 38.4 Å². The summed E-state index contributed by atoms with van der Waals surface area (Å²) in [6.45, 7) is 3.41. The van der Waals surface area contributed by atoms with Crippen molar-refractivity contribution in [3.05, 3.63) is 83.4 Å². The van der Waals surface area contributed by atoms with Gasteiger partial charge in [0.2, 0.25) is 41.4 Å². The van der Waals surface area contributed by atoms with E-state index in [0.717, 1.165) is 37.5 Å². The number of primary amides is 1. The number of hydrogen-bond donors (Lipinski definition) is 14. The van der Waals surface area contributed by atoms with E-state index in [1.165, 1.54) is 56.7 Å². The van der Waals surface area contributed by atoms with Crippen LogP contribution in [0.5, 0.6) is 11.5 Å². The fraction of sp³-hybridized carbons (Fsp3) is 0.552. The van der Waals surface area contributed by atoms with Crippen LogP contribution in [-0.2, 0) is 44.0 Å². The Hall–Kier alpha value is -6.75. The fourth-order valence-corrected chi connectivity index (χ4v) is 12.5. The Morgan fingerprint density at radius 2 is 1.31 bits per heavy atom. The fourth-order valence-electron chi connectivity index (χ4n) is 12.2. The summed E-state index contributed by atoms with van der Waals surface area (Å²) in [6, 6.07) is 4.98. The summed E-state index contributed by atoms with van der Waals surface area (Å²) in [4.78, 5) is 119. The first-order valence-corrected chi connectivity index (χ1v) is 30.8. The van der Waals surface area contributed by atoms with E-state index in [1.807, 2.05) is 0 Å². The Morgan fingerprint density at radius 1 is 0.733 bits per heavy atom. The van der Waals surface area contributed by atoms with Gasteiger partial charge in [0.15, 0.2) is 11.5 Å². The maximum absolute atomic E-state index is 14.7. The monoisotopic (exact) mass is 1290 g/mol. The number of nitrogens with one attached hydrogen (secondary N) is 5. The van der Waals surface area contributed by atoms with Gasteiger partial charge in [-0.15, -0.1) is 0 Å². The predicted molar refractivity (Wildman–Crippen MR) is 312 cm³/mol. The number of piperazine rings is 1. The molecular weight excluding hydrogens is 1210 g/mol. The molecule has 5 aliphatic rings. The average molecular weight is 1290 g/mol. The molecule has 4 aliphatic heterocycles. The van der Waals surface area contributed by atoms with Gasteiger partial charge < -0.3 is 102 Å². The maximum atomic E-state index is 14.7. The zero-order valence-corrected chi connectivity index (χ0v) is 52.7. The Labute approximate surface area is 540 Å². The number of anilines is 2. The molecule has 4 saturated heterocycles. The molecule has 3 aromatic rings. The molecule has 1 saturated carbocycles. The Morgan fingerprint density at radius 3 is 1.90 bits per heavy atom. The number of benzene rings is 3. The molecule has 5 unspecified atom stereocenters. The van der Waals surface area contributed by atoms with Crippen molar-refractivity contribution in [3.63, 3.8) is 0 Å². The van der Waals surface area contributed by atoms with E-state index in [2.05, 4.69) is 64.8 Å². The first-order valence-electron chi connectivity index (χ1n) is 29.4. The molecule has 0 spiro atoms. The normalized spacial score (nSPS) is 27.7. The van der Waals surface area contributed by atoms with Crippen molar-refractivity contribution in [2.75, 3.05) is 55.6 Å². The molecule has 15 N–H and O–H groups in total. The van der Waals surface area contributed by atoms with Gasteiger partial charge in [0.1, 0.15) is 48.5 Å². The summed E-state index contributed by atoms with van der Waals surface area (Å²) in [7, 11) is -5.58. The number of phenolic OH excluding ortho intramolecular Hbond substituents is 1. The molecule has 0 aromatic heterocycles. The van der Waals surface area contributed by atoms with Crippen molar-refractivity contribution in [1.82, 2.24) is 36.4 Å². The molecule has 14 atom stereocenters. The van der Waals surface area contributed by atoms with Crippen molar-refractivity contribution >= 4 is 69.0 Å². The molecule has 8 amide bonds. The van der Waals surface area contributed by atoms with E-state index in [9.17, 15) is 92.2 Å². The number of aliphatic hydroxyl groups is 7. The second kappa shape index (κ2) is 30.6.